The number of nitrogens with one attached hydrogen (secondary N) is 2. The first-order valence-corrected chi connectivity index (χ1v) is 10.1. The smallest absolute Gasteiger partial charge is 0.242 e. The summed E-state index contributed by atoms with van der Waals surface area (Å²) >= 11 is 7.31. The first-order valence-electron chi connectivity index (χ1n) is 7.04. The van der Waals surface area contributed by atoms with Crippen LogP contribution in [0.15, 0.2) is 58.3 Å². The highest BCUT2D eigenvalue weighted by Crippen LogP contribution is 2.19. The lowest BCUT2D eigenvalue weighted by molar-refractivity contribution is -0.117. The van der Waals surface area contributed by atoms with Crippen molar-refractivity contribution in [2.75, 3.05) is 11.6 Å². The van der Waals surface area contributed by atoms with Gasteiger partial charge in [0, 0.05) is 15.6 Å². The number of rotatable bonds is 6. The molecule has 2 aromatic rings. The summed E-state index contributed by atoms with van der Waals surface area (Å²) in [5.74, 6) is -0.439. The molecule has 0 aromatic heterocycles. The van der Waals surface area contributed by atoms with Gasteiger partial charge in [-0.3, -0.25) is 4.79 Å². The van der Waals surface area contributed by atoms with E-state index in [1.54, 1.807) is 17.8 Å². The molecular weight excluding hydrogens is 368 g/mol. The molecule has 1 amide bonds. The third kappa shape index (κ3) is 4.98. The van der Waals surface area contributed by atoms with Crippen LogP contribution in [-0.4, -0.2) is 26.6 Å². The molecule has 0 heterocycles. The number of halogens is 1. The average molecular weight is 385 g/mol. The van der Waals surface area contributed by atoms with Crippen molar-refractivity contribution >= 4 is 45.0 Å². The molecule has 0 fully saturated rings. The molecule has 0 aliphatic carbocycles. The molecule has 2 rings (SSSR count). The monoisotopic (exact) mass is 384 g/mol. The number of thioether (sulfide) groups is 1. The van der Waals surface area contributed by atoms with E-state index in [0.29, 0.717) is 10.7 Å². The summed E-state index contributed by atoms with van der Waals surface area (Å²) in [7, 11) is -3.80. The summed E-state index contributed by atoms with van der Waals surface area (Å²) in [5, 5.41) is 3.14. The Morgan fingerprint density at radius 3 is 2.46 bits per heavy atom. The maximum absolute atomic E-state index is 12.3. The van der Waals surface area contributed by atoms with Crippen LogP contribution in [0.5, 0.6) is 0 Å². The van der Waals surface area contributed by atoms with Crippen LogP contribution in [-0.2, 0) is 14.8 Å². The van der Waals surface area contributed by atoms with Crippen molar-refractivity contribution in [1.29, 1.82) is 0 Å². The van der Waals surface area contributed by atoms with E-state index in [1.807, 2.05) is 24.5 Å². The Labute approximate surface area is 150 Å². The Morgan fingerprint density at radius 1 is 1.17 bits per heavy atom. The van der Waals surface area contributed by atoms with Gasteiger partial charge in [0.05, 0.1) is 10.9 Å². The van der Waals surface area contributed by atoms with E-state index in [4.69, 9.17) is 11.6 Å². The fourth-order valence-corrected chi connectivity index (χ4v) is 3.71. The second-order valence-corrected chi connectivity index (χ2v) is 8.05. The Kier molecular flexibility index (Phi) is 6.28. The number of hydrogen-bond donors (Lipinski definition) is 2. The number of hydrogen-bond acceptors (Lipinski definition) is 4. The van der Waals surface area contributed by atoms with E-state index >= 15 is 0 Å². The van der Waals surface area contributed by atoms with Gasteiger partial charge in [0.1, 0.15) is 0 Å². The van der Waals surface area contributed by atoms with Crippen LogP contribution in [0.2, 0.25) is 5.02 Å². The van der Waals surface area contributed by atoms with E-state index in [2.05, 4.69) is 10.0 Å². The molecule has 8 heteroatoms. The second-order valence-electron chi connectivity index (χ2n) is 5.02. The number of benzene rings is 2. The van der Waals surface area contributed by atoms with Crippen molar-refractivity contribution < 1.29 is 13.2 Å². The largest absolute Gasteiger partial charge is 0.325 e. The molecule has 5 nitrogen and oxygen atoms in total. The summed E-state index contributed by atoms with van der Waals surface area (Å²) in [6, 6.07) is 12.1. The van der Waals surface area contributed by atoms with Gasteiger partial charge in [-0.2, -0.15) is 4.72 Å². The zero-order valence-corrected chi connectivity index (χ0v) is 15.5. The van der Waals surface area contributed by atoms with Crippen molar-refractivity contribution in [2.45, 2.75) is 22.8 Å². The minimum Gasteiger partial charge on any atom is -0.325 e. The van der Waals surface area contributed by atoms with Gasteiger partial charge in [0.2, 0.25) is 15.9 Å². The van der Waals surface area contributed by atoms with Crippen LogP contribution < -0.4 is 10.0 Å². The summed E-state index contributed by atoms with van der Waals surface area (Å²) in [5.41, 5.74) is 0.615. The lowest BCUT2D eigenvalue weighted by Crippen LogP contribution is -2.41. The van der Waals surface area contributed by atoms with E-state index in [1.165, 1.54) is 31.2 Å². The third-order valence-corrected chi connectivity index (χ3v) is 5.72. The molecule has 24 heavy (non-hydrogen) atoms. The average Bonchev–Trinajstić information content (AvgIpc) is 2.55. The lowest BCUT2D eigenvalue weighted by atomic mass is 10.3. The molecule has 0 saturated carbocycles. The predicted octanol–water partition coefficient (Wildman–Crippen LogP) is 3.37. The minimum atomic E-state index is -3.80. The van der Waals surface area contributed by atoms with Crippen LogP contribution in [0, 0.1) is 0 Å². The minimum absolute atomic E-state index is 0.0518. The molecular formula is C16H17ClN2O3S2. The molecule has 2 N–H and O–H groups in total. The molecule has 0 saturated heterocycles. The van der Waals surface area contributed by atoms with Crippen LogP contribution in [0.1, 0.15) is 6.92 Å². The van der Waals surface area contributed by atoms with Crippen molar-refractivity contribution in [1.82, 2.24) is 4.72 Å². The summed E-state index contributed by atoms with van der Waals surface area (Å²) < 4.78 is 26.9. The van der Waals surface area contributed by atoms with E-state index in [-0.39, 0.29) is 4.90 Å². The fourth-order valence-electron chi connectivity index (χ4n) is 1.92. The quantitative estimate of drug-likeness (QED) is 0.749. The molecule has 0 aliphatic rings. The zero-order chi connectivity index (χ0) is 17.7. The van der Waals surface area contributed by atoms with Crippen molar-refractivity contribution in [3.05, 3.63) is 53.6 Å². The van der Waals surface area contributed by atoms with Gasteiger partial charge < -0.3 is 5.32 Å². The van der Waals surface area contributed by atoms with Crippen molar-refractivity contribution in [3.8, 4) is 0 Å². The number of amides is 1. The Morgan fingerprint density at radius 2 is 1.83 bits per heavy atom. The maximum Gasteiger partial charge on any atom is 0.242 e. The van der Waals surface area contributed by atoms with Gasteiger partial charge in [-0.25, -0.2) is 8.42 Å². The van der Waals surface area contributed by atoms with E-state index < -0.39 is 22.0 Å². The van der Waals surface area contributed by atoms with Gasteiger partial charge in [-0.1, -0.05) is 17.7 Å². The van der Waals surface area contributed by atoms with Gasteiger partial charge in [-0.05, 0) is 55.6 Å². The first-order chi connectivity index (χ1) is 11.3. The molecule has 0 radical (unpaired) electrons. The highest BCUT2D eigenvalue weighted by atomic mass is 35.5. The Bertz CT molecular complexity index is 823. The van der Waals surface area contributed by atoms with Crippen molar-refractivity contribution in [2.24, 2.45) is 0 Å². The Hall–Kier alpha value is -1.54. The van der Waals surface area contributed by atoms with Gasteiger partial charge in [0.25, 0.3) is 0 Å². The molecule has 0 spiro atoms. The van der Waals surface area contributed by atoms with Gasteiger partial charge in [0.15, 0.2) is 0 Å². The van der Waals surface area contributed by atoms with Crippen LogP contribution in [0.3, 0.4) is 0 Å². The zero-order valence-electron chi connectivity index (χ0n) is 13.1. The molecule has 1 atom stereocenters. The standard InChI is InChI=1S/C16H17ClN2O3S2/c1-11(16(20)18-13-4-3-5-14(10-13)23-2)19-24(21,22)15-8-6-12(17)7-9-15/h3-11,19H,1-2H3,(H,18,20)/t11-/m0/s1. The first kappa shape index (κ1) is 18.8. The molecule has 0 bridgehead atoms. The predicted molar refractivity (Wildman–Crippen MR) is 98.1 cm³/mol. The van der Waals surface area contributed by atoms with Gasteiger partial charge >= 0.3 is 0 Å². The SMILES string of the molecule is CSc1cccc(NC(=O)[C@H](C)NS(=O)(=O)c2ccc(Cl)cc2)c1. The highest BCUT2D eigenvalue weighted by Gasteiger charge is 2.22. The van der Waals surface area contributed by atoms with E-state index in [0.717, 1.165) is 4.90 Å². The lowest BCUT2D eigenvalue weighted by Gasteiger charge is -2.15. The topological polar surface area (TPSA) is 75.3 Å². The van der Waals surface area contributed by atoms with Crippen LogP contribution >= 0.6 is 23.4 Å². The molecule has 0 aliphatic heterocycles. The molecule has 0 unspecified atom stereocenters. The van der Waals surface area contributed by atoms with Crippen LogP contribution in [0.25, 0.3) is 0 Å². The van der Waals surface area contributed by atoms with Crippen molar-refractivity contribution in [3.63, 3.8) is 0 Å². The number of sulfonamides is 1. The molecule has 2 aromatic carbocycles. The number of anilines is 1. The number of carbonyl (C=O) groups is 1. The fraction of sp³-hybridized carbons (Fsp3) is 0.188. The van der Waals surface area contributed by atoms with E-state index in [9.17, 15) is 13.2 Å². The normalized spacial score (nSPS) is 12.6. The second kappa shape index (κ2) is 8.02. The molecule has 128 valence electrons. The maximum atomic E-state index is 12.3. The summed E-state index contributed by atoms with van der Waals surface area (Å²) in [6.45, 7) is 1.49. The summed E-state index contributed by atoms with van der Waals surface area (Å²) in [6.07, 6.45) is 1.93. The van der Waals surface area contributed by atoms with Crippen LogP contribution in [0.4, 0.5) is 5.69 Å². The van der Waals surface area contributed by atoms with Gasteiger partial charge in [-0.15, -0.1) is 11.8 Å². The third-order valence-electron chi connectivity index (χ3n) is 3.19. The summed E-state index contributed by atoms with van der Waals surface area (Å²) in [4.78, 5) is 13.3. The Balaban J connectivity index is 2.06. The number of carbonyl (C=O) groups excluding carboxylic acids is 1. The highest BCUT2D eigenvalue weighted by molar-refractivity contribution is 7.98.